The van der Waals surface area contributed by atoms with Gasteiger partial charge < -0.3 is 5.73 Å². The first-order valence-electron chi connectivity index (χ1n) is 1.95. The fourth-order valence-corrected chi connectivity index (χ4v) is 0.464. The van der Waals surface area contributed by atoms with E-state index < -0.39 is 13.9 Å². The number of nitrogens with two attached hydrogens (primary N) is 1. The van der Waals surface area contributed by atoms with E-state index in [-0.39, 0.29) is 6.61 Å². The highest BCUT2D eigenvalue weighted by molar-refractivity contribution is 7.38. The number of hydrogen-bond donors (Lipinski definition) is 1. The Morgan fingerprint density at radius 1 is 1.88 bits per heavy atom. The Morgan fingerprint density at radius 2 is 2.38 bits per heavy atom. The van der Waals surface area contributed by atoms with Crippen molar-refractivity contribution in [2.24, 2.45) is 5.73 Å². The predicted octanol–water partition coefficient (Wildman–Crippen LogP) is -0.140. The molecule has 1 atom stereocenters. The molecule has 0 fully saturated rings. The van der Waals surface area contributed by atoms with Gasteiger partial charge >= 0.3 is 8.03 Å². The summed E-state index contributed by atoms with van der Waals surface area (Å²) in [5.41, 5.74) is 4.65. The minimum absolute atomic E-state index is 0.258. The highest BCUT2D eigenvalue weighted by Crippen LogP contribution is 2.13. The van der Waals surface area contributed by atoms with Gasteiger partial charge in [-0.15, -0.1) is 4.52 Å². The summed E-state index contributed by atoms with van der Waals surface area (Å²) < 4.78 is 14.4. The van der Waals surface area contributed by atoms with Gasteiger partial charge in [-0.25, -0.2) is 0 Å². The lowest BCUT2D eigenvalue weighted by atomic mass is 10.7. The van der Waals surface area contributed by atoms with E-state index in [0.717, 1.165) is 0 Å². The monoisotopic (exact) mass is 136 g/mol. The lowest BCUT2D eigenvalue weighted by Crippen LogP contribution is -2.15. The van der Waals surface area contributed by atoms with E-state index in [1.165, 1.54) is 6.66 Å². The van der Waals surface area contributed by atoms with Crippen LogP contribution >= 0.6 is 8.03 Å². The van der Waals surface area contributed by atoms with Crippen molar-refractivity contribution in [1.82, 2.24) is 0 Å². The number of hydrogen-bond acceptors (Lipinski definition) is 3. The molecule has 46 valence electrons. The summed E-state index contributed by atoms with van der Waals surface area (Å²) in [6.07, 6.45) is 0. The first-order chi connectivity index (χ1) is 3.63. The Balaban J connectivity index is 3.18. The molecule has 8 heavy (non-hydrogen) atoms. The van der Waals surface area contributed by atoms with Gasteiger partial charge in [-0.2, -0.15) is 0 Å². The standard InChI is InChI=1S/C3H6NO3P/c1-8(6)7-2-3(4)5/h2H2,1H3,(H-,4,5)/p+1. The van der Waals surface area contributed by atoms with E-state index in [4.69, 9.17) is 0 Å². The molecule has 0 spiro atoms. The SMILES string of the molecule is C[P+](=O)OCC(N)=O. The van der Waals surface area contributed by atoms with E-state index in [2.05, 4.69) is 10.3 Å². The Bertz CT molecular complexity index is 99.1. The first kappa shape index (κ1) is 7.53. The van der Waals surface area contributed by atoms with Crippen molar-refractivity contribution in [2.45, 2.75) is 0 Å². The third kappa shape index (κ3) is 5.53. The zero-order valence-electron chi connectivity index (χ0n) is 4.46. The average Bonchev–Trinajstić information content (AvgIpc) is 1.61. The number of rotatable bonds is 3. The molecule has 4 nitrogen and oxygen atoms in total. The second kappa shape index (κ2) is 3.52. The van der Waals surface area contributed by atoms with Crippen LogP contribution in [0.15, 0.2) is 0 Å². The lowest BCUT2D eigenvalue weighted by Gasteiger charge is -1.80. The molecule has 5 heteroatoms. The van der Waals surface area contributed by atoms with Crippen LogP contribution < -0.4 is 5.73 Å². The molecule has 0 saturated carbocycles. The Kier molecular flexibility index (Phi) is 3.31. The number of carbonyl (C=O) groups is 1. The van der Waals surface area contributed by atoms with Crippen molar-refractivity contribution >= 4 is 13.9 Å². The fraction of sp³-hybridized carbons (Fsp3) is 0.667. The zero-order chi connectivity index (χ0) is 6.57. The van der Waals surface area contributed by atoms with Crippen molar-refractivity contribution < 1.29 is 13.9 Å². The summed E-state index contributed by atoms with van der Waals surface area (Å²) in [4.78, 5) is 9.87. The molecule has 0 aliphatic carbocycles. The van der Waals surface area contributed by atoms with Gasteiger partial charge in [-0.05, 0) is 4.57 Å². The molecule has 1 amide bonds. The second-order valence-corrected chi connectivity index (χ2v) is 2.32. The largest absolute Gasteiger partial charge is 0.505 e. The molecule has 2 N–H and O–H groups in total. The summed E-state index contributed by atoms with van der Waals surface area (Å²) in [6.45, 7) is 1.10. The number of carbonyl (C=O) groups excluding carboxylic acids is 1. The van der Waals surface area contributed by atoms with Crippen LogP contribution in [0.25, 0.3) is 0 Å². The smallest absolute Gasteiger partial charge is 0.368 e. The van der Waals surface area contributed by atoms with Gasteiger partial charge in [0.2, 0.25) is 5.91 Å². The summed E-state index contributed by atoms with van der Waals surface area (Å²) in [5, 5.41) is 0. The van der Waals surface area contributed by atoms with Crippen LogP contribution in [-0.2, 0) is 13.9 Å². The predicted molar refractivity (Wildman–Crippen MR) is 28.7 cm³/mol. The van der Waals surface area contributed by atoms with Crippen molar-refractivity contribution in [3.05, 3.63) is 0 Å². The Labute approximate surface area is 47.9 Å². The zero-order valence-corrected chi connectivity index (χ0v) is 5.35. The molecule has 0 aliphatic heterocycles. The van der Waals surface area contributed by atoms with Gasteiger partial charge in [0.05, 0.1) is 0 Å². The molecular weight excluding hydrogens is 129 g/mol. The first-order valence-corrected chi connectivity index (χ1v) is 3.57. The van der Waals surface area contributed by atoms with Crippen LogP contribution in [0.3, 0.4) is 0 Å². The van der Waals surface area contributed by atoms with E-state index in [9.17, 15) is 9.36 Å². The van der Waals surface area contributed by atoms with Crippen LogP contribution in [0.2, 0.25) is 0 Å². The van der Waals surface area contributed by atoms with E-state index in [1.807, 2.05) is 0 Å². The molecule has 0 aromatic rings. The fourth-order valence-electron chi connectivity index (χ4n) is 0.155. The highest BCUT2D eigenvalue weighted by atomic mass is 31.1. The molecule has 0 bridgehead atoms. The minimum atomic E-state index is -1.68. The van der Waals surface area contributed by atoms with Crippen LogP contribution in [0.1, 0.15) is 0 Å². The van der Waals surface area contributed by atoms with Crippen molar-refractivity contribution in [2.75, 3.05) is 13.3 Å². The molecule has 0 heterocycles. The summed E-state index contributed by atoms with van der Waals surface area (Å²) in [6, 6.07) is 0. The van der Waals surface area contributed by atoms with Gasteiger partial charge in [0.1, 0.15) is 0 Å². The highest BCUT2D eigenvalue weighted by Gasteiger charge is 2.07. The molecule has 0 radical (unpaired) electrons. The van der Waals surface area contributed by atoms with Crippen LogP contribution in [0.4, 0.5) is 0 Å². The van der Waals surface area contributed by atoms with Gasteiger partial charge in [0.15, 0.2) is 13.3 Å². The molecular formula is C3H7NO3P+. The number of primary amides is 1. The van der Waals surface area contributed by atoms with E-state index in [0.29, 0.717) is 0 Å². The van der Waals surface area contributed by atoms with Crippen LogP contribution in [-0.4, -0.2) is 19.2 Å². The number of amides is 1. The van der Waals surface area contributed by atoms with Crippen molar-refractivity contribution in [3.8, 4) is 0 Å². The molecule has 0 saturated heterocycles. The van der Waals surface area contributed by atoms with Crippen LogP contribution in [0.5, 0.6) is 0 Å². The Hall–Kier alpha value is -0.470. The minimum Gasteiger partial charge on any atom is -0.368 e. The second-order valence-electron chi connectivity index (χ2n) is 1.18. The summed E-state index contributed by atoms with van der Waals surface area (Å²) in [7, 11) is -1.68. The van der Waals surface area contributed by atoms with Crippen molar-refractivity contribution in [1.29, 1.82) is 0 Å². The van der Waals surface area contributed by atoms with Gasteiger partial charge in [0, 0.05) is 0 Å². The van der Waals surface area contributed by atoms with E-state index in [1.54, 1.807) is 0 Å². The molecule has 0 aromatic heterocycles. The maximum absolute atomic E-state index is 10.1. The van der Waals surface area contributed by atoms with Gasteiger partial charge in [-0.1, -0.05) is 0 Å². The maximum Gasteiger partial charge on any atom is 0.505 e. The average molecular weight is 136 g/mol. The van der Waals surface area contributed by atoms with Gasteiger partial charge in [0.25, 0.3) is 0 Å². The molecule has 0 aromatic carbocycles. The third-order valence-corrected chi connectivity index (χ3v) is 0.881. The third-order valence-electron chi connectivity index (χ3n) is 0.389. The topological polar surface area (TPSA) is 69.4 Å². The lowest BCUT2D eigenvalue weighted by molar-refractivity contribution is -0.119. The maximum atomic E-state index is 10.1. The summed E-state index contributed by atoms with van der Waals surface area (Å²) >= 11 is 0. The Morgan fingerprint density at radius 3 is 2.50 bits per heavy atom. The van der Waals surface area contributed by atoms with Gasteiger partial charge in [-0.3, -0.25) is 4.79 Å². The molecule has 0 rings (SSSR count). The normalized spacial score (nSPS) is 10.9. The van der Waals surface area contributed by atoms with Crippen LogP contribution in [0, 0.1) is 0 Å². The molecule has 0 aliphatic rings. The van der Waals surface area contributed by atoms with Crippen molar-refractivity contribution in [3.63, 3.8) is 0 Å². The summed E-state index contributed by atoms with van der Waals surface area (Å²) in [5.74, 6) is -0.602. The van der Waals surface area contributed by atoms with E-state index >= 15 is 0 Å². The quantitative estimate of drug-likeness (QED) is 0.549. The molecule has 1 unspecified atom stereocenters.